The molecule has 2 atom stereocenters. The Morgan fingerprint density at radius 3 is 2.80 bits per heavy atom. The lowest BCUT2D eigenvalue weighted by atomic mass is 10.0. The van der Waals surface area contributed by atoms with Gasteiger partial charge in [0, 0.05) is 67.0 Å². The number of halogens is 1. The van der Waals surface area contributed by atoms with Crippen LogP contribution < -0.4 is 26.0 Å². The minimum absolute atomic E-state index is 0.0559. The molecular weight excluding hydrogens is 531 g/mol. The molecule has 0 bridgehead atoms. The maximum atomic E-state index is 14.5. The van der Waals surface area contributed by atoms with Crippen molar-refractivity contribution in [1.82, 2.24) is 20.2 Å². The topological polar surface area (TPSA) is 147 Å². The summed E-state index contributed by atoms with van der Waals surface area (Å²) in [5.74, 6) is -1.16. The molecule has 5 rings (SSSR count). The molecular formula is C28H33FN8O4. The lowest BCUT2D eigenvalue weighted by Gasteiger charge is -2.38. The number of cyclic esters (lactones) is 1. The first-order chi connectivity index (χ1) is 19.7. The summed E-state index contributed by atoms with van der Waals surface area (Å²) in [6, 6.07) is 6.88. The molecule has 3 heterocycles. The van der Waals surface area contributed by atoms with Gasteiger partial charge in [0.15, 0.2) is 0 Å². The third-order valence-electron chi connectivity index (χ3n) is 6.97. The Bertz CT molecular complexity index is 1490. The first-order valence-corrected chi connectivity index (χ1v) is 13.4. The molecule has 1 aromatic heterocycles. The minimum atomic E-state index is -0.667. The molecule has 2 saturated heterocycles. The van der Waals surface area contributed by atoms with E-state index in [-0.39, 0.29) is 47.7 Å². The van der Waals surface area contributed by atoms with E-state index < -0.39 is 11.7 Å². The summed E-state index contributed by atoms with van der Waals surface area (Å²) in [6.45, 7) is 7.08. The van der Waals surface area contributed by atoms with Crippen molar-refractivity contribution in [2.45, 2.75) is 25.9 Å². The number of rotatable bonds is 8. The summed E-state index contributed by atoms with van der Waals surface area (Å²) < 4.78 is 25.2. The number of ether oxygens (including phenoxy) is 2. The van der Waals surface area contributed by atoms with E-state index >= 15 is 0 Å². The van der Waals surface area contributed by atoms with Crippen molar-refractivity contribution in [2.24, 2.45) is 4.99 Å². The first kappa shape index (κ1) is 28.0. The van der Waals surface area contributed by atoms with Crippen molar-refractivity contribution >= 4 is 46.2 Å². The molecule has 216 valence electrons. The first-order valence-electron chi connectivity index (χ1n) is 13.4. The molecule has 12 nitrogen and oxygen atoms in total. The Kier molecular flexibility index (Phi) is 8.15. The number of aromatic nitrogens is 2. The van der Waals surface area contributed by atoms with Gasteiger partial charge in [0.25, 0.3) is 5.91 Å². The number of nitrogens with one attached hydrogen (secondary N) is 2. The van der Waals surface area contributed by atoms with E-state index in [1.165, 1.54) is 11.1 Å². The van der Waals surface area contributed by atoms with E-state index in [1.807, 2.05) is 6.07 Å². The smallest absolute Gasteiger partial charge is 0.410 e. The zero-order valence-corrected chi connectivity index (χ0v) is 23.2. The quantitative estimate of drug-likeness (QED) is 0.277. The van der Waals surface area contributed by atoms with Crippen molar-refractivity contribution < 1.29 is 23.5 Å². The van der Waals surface area contributed by atoms with Crippen LogP contribution in [0.25, 0.3) is 10.9 Å². The second kappa shape index (κ2) is 11.9. The van der Waals surface area contributed by atoms with Gasteiger partial charge in [0.2, 0.25) is 0 Å². The van der Waals surface area contributed by atoms with Crippen LogP contribution in [0.2, 0.25) is 0 Å². The Morgan fingerprint density at radius 2 is 2.10 bits per heavy atom. The van der Waals surface area contributed by atoms with Crippen molar-refractivity contribution in [3.63, 3.8) is 0 Å². The summed E-state index contributed by atoms with van der Waals surface area (Å²) in [6.07, 6.45) is 2.68. The standard InChI is InChI=1S/C28H33FN8O4/c1-16-14-37(15-17(2)33-16)23-5-4-20(26(38)34-19-10-18(12-31-3)24(30)22(29)11-19)25-21(23)13-32-27(35-25)40-8-6-36-7-9-41-28(36)39/h4-5,10-13,16-17,33H,6-9,14-15,30H2,1-3H3,(H,34,38)/t16-,17+. The normalized spacial score (nSPS) is 19.2. The molecule has 0 saturated carbocycles. The van der Waals surface area contributed by atoms with Gasteiger partial charge in [0.05, 0.1) is 29.9 Å². The molecule has 0 spiro atoms. The Morgan fingerprint density at radius 1 is 1.32 bits per heavy atom. The van der Waals surface area contributed by atoms with Crippen LogP contribution in [0.1, 0.15) is 29.8 Å². The third kappa shape index (κ3) is 6.14. The van der Waals surface area contributed by atoms with Gasteiger partial charge < -0.3 is 35.6 Å². The Labute approximate surface area is 236 Å². The summed E-state index contributed by atoms with van der Waals surface area (Å²) in [5.41, 5.74) is 7.88. The lowest BCUT2D eigenvalue weighted by molar-refractivity contribution is 0.102. The number of nitrogens with zero attached hydrogens (tertiary/aromatic N) is 5. The predicted octanol–water partition coefficient (Wildman–Crippen LogP) is 2.67. The van der Waals surface area contributed by atoms with E-state index in [1.54, 1.807) is 25.4 Å². The van der Waals surface area contributed by atoms with Crippen LogP contribution in [-0.4, -0.2) is 91.6 Å². The number of hydrogen-bond donors (Lipinski definition) is 3. The fraction of sp³-hybridized carbons (Fsp3) is 0.393. The van der Waals surface area contributed by atoms with Crippen molar-refractivity contribution in [3.8, 4) is 6.01 Å². The highest BCUT2D eigenvalue weighted by atomic mass is 19.1. The highest BCUT2D eigenvalue weighted by molar-refractivity contribution is 6.14. The monoisotopic (exact) mass is 564 g/mol. The van der Waals surface area contributed by atoms with E-state index in [0.29, 0.717) is 36.2 Å². The lowest BCUT2D eigenvalue weighted by Crippen LogP contribution is -2.54. The van der Waals surface area contributed by atoms with Crippen LogP contribution >= 0.6 is 0 Å². The van der Waals surface area contributed by atoms with Gasteiger partial charge in [0.1, 0.15) is 19.0 Å². The zero-order valence-electron chi connectivity index (χ0n) is 23.2. The summed E-state index contributed by atoms with van der Waals surface area (Å²) in [4.78, 5) is 41.9. The molecule has 2 aromatic carbocycles. The number of benzene rings is 2. The fourth-order valence-corrected chi connectivity index (χ4v) is 5.17. The number of fused-ring (bicyclic) bond motifs is 1. The maximum absolute atomic E-state index is 14.5. The van der Waals surface area contributed by atoms with E-state index in [9.17, 15) is 14.0 Å². The number of carbonyl (C=O) groups excluding carboxylic acids is 2. The predicted molar refractivity (Wildman–Crippen MR) is 155 cm³/mol. The molecule has 2 aliphatic rings. The van der Waals surface area contributed by atoms with Gasteiger partial charge in [-0.15, -0.1) is 0 Å². The number of carbonyl (C=O) groups is 2. The number of amides is 2. The van der Waals surface area contributed by atoms with Gasteiger partial charge in [-0.05, 0) is 38.1 Å². The van der Waals surface area contributed by atoms with Crippen LogP contribution in [0, 0.1) is 5.82 Å². The van der Waals surface area contributed by atoms with Crippen molar-refractivity contribution in [3.05, 3.63) is 47.4 Å². The van der Waals surface area contributed by atoms with Crippen LogP contribution in [0.4, 0.5) is 26.2 Å². The van der Waals surface area contributed by atoms with Crippen molar-refractivity contribution in [1.29, 1.82) is 0 Å². The van der Waals surface area contributed by atoms with Gasteiger partial charge in [-0.2, -0.15) is 4.98 Å². The van der Waals surface area contributed by atoms with Crippen molar-refractivity contribution in [2.75, 3.05) is 62.4 Å². The summed E-state index contributed by atoms with van der Waals surface area (Å²) in [5, 5.41) is 6.96. The van der Waals surface area contributed by atoms with Crippen LogP contribution in [0.3, 0.4) is 0 Å². The Balaban J connectivity index is 1.48. The van der Waals surface area contributed by atoms with Crippen LogP contribution in [0.5, 0.6) is 6.01 Å². The SMILES string of the molecule is CN=Cc1cc(NC(=O)c2ccc(N3C[C@@H](C)N[C@@H](C)C3)c3cnc(OCCN4CCOC4=O)nc23)cc(F)c1N. The molecule has 13 heteroatoms. The van der Waals surface area contributed by atoms with E-state index in [0.717, 1.165) is 24.8 Å². The summed E-state index contributed by atoms with van der Waals surface area (Å²) >= 11 is 0. The number of nitrogen functional groups attached to an aromatic ring is 1. The fourth-order valence-electron chi connectivity index (χ4n) is 5.17. The van der Waals surface area contributed by atoms with Gasteiger partial charge in [-0.1, -0.05) is 0 Å². The molecule has 0 unspecified atom stereocenters. The molecule has 3 aromatic rings. The van der Waals surface area contributed by atoms with E-state index in [2.05, 4.69) is 44.3 Å². The molecule has 2 fully saturated rings. The molecule has 2 amide bonds. The van der Waals surface area contributed by atoms with Crippen LogP contribution in [0.15, 0.2) is 35.5 Å². The van der Waals surface area contributed by atoms with Gasteiger partial charge >= 0.3 is 12.1 Å². The van der Waals surface area contributed by atoms with Crippen LogP contribution in [-0.2, 0) is 4.74 Å². The average molecular weight is 565 g/mol. The number of anilines is 3. The van der Waals surface area contributed by atoms with E-state index in [4.69, 9.17) is 15.2 Å². The molecule has 2 aliphatic heterocycles. The highest BCUT2D eigenvalue weighted by Gasteiger charge is 2.25. The maximum Gasteiger partial charge on any atom is 0.410 e. The highest BCUT2D eigenvalue weighted by Crippen LogP contribution is 2.31. The molecule has 41 heavy (non-hydrogen) atoms. The second-order valence-electron chi connectivity index (χ2n) is 10.2. The number of piperazine rings is 1. The second-order valence-corrected chi connectivity index (χ2v) is 10.2. The molecule has 0 radical (unpaired) electrons. The van der Waals surface area contributed by atoms with Gasteiger partial charge in [-0.3, -0.25) is 9.79 Å². The number of hydrogen-bond acceptors (Lipinski definition) is 10. The van der Waals surface area contributed by atoms with Gasteiger partial charge in [-0.25, -0.2) is 14.2 Å². The zero-order chi connectivity index (χ0) is 29.1. The minimum Gasteiger partial charge on any atom is -0.462 e. The Hall–Kier alpha value is -4.52. The number of aliphatic imine (C=N–C) groups is 1. The third-order valence-corrected chi connectivity index (χ3v) is 6.97. The summed E-state index contributed by atoms with van der Waals surface area (Å²) in [7, 11) is 1.55. The average Bonchev–Trinajstić information content (AvgIpc) is 3.34. The molecule has 4 N–H and O–H groups in total. The number of nitrogens with two attached hydrogens (primary N) is 1. The largest absolute Gasteiger partial charge is 0.462 e. The molecule has 0 aliphatic carbocycles.